The molecular weight excluding hydrogens is 335 g/mol. The fraction of sp³-hybridized carbons (Fsp3) is 0.250. The highest BCUT2D eigenvalue weighted by Gasteiger charge is 2.04. The summed E-state index contributed by atoms with van der Waals surface area (Å²) in [6.07, 6.45) is 0.667. The normalized spacial score (nSPS) is 10.8. The monoisotopic (exact) mass is 356 g/mol. The minimum Gasteiger partial charge on any atom is -0.486 e. The fourth-order valence-corrected chi connectivity index (χ4v) is 3.12. The molecule has 0 spiro atoms. The van der Waals surface area contributed by atoms with Gasteiger partial charge >= 0.3 is 0 Å². The molecule has 0 atom stereocenters. The highest BCUT2D eigenvalue weighted by atomic mass is 32.1. The van der Waals surface area contributed by atoms with Crippen LogP contribution in [0.4, 0.5) is 4.39 Å². The molecule has 5 heteroatoms. The van der Waals surface area contributed by atoms with Crippen molar-refractivity contribution in [2.75, 3.05) is 6.54 Å². The van der Waals surface area contributed by atoms with Gasteiger partial charge in [0.25, 0.3) is 0 Å². The Labute approximate surface area is 151 Å². The topological polar surface area (TPSA) is 34.1 Å². The molecule has 0 aliphatic rings. The molecule has 0 radical (unpaired) electrons. The van der Waals surface area contributed by atoms with Gasteiger partial charge in [-0.1, -0.05) is 35.9 Å². The van der Waals surface area contributed by atoms with Crippen molar-refractivity contribution in [2.24, 2.45) is 0 Å². The van der Waals surface area contributed by atoms with Gasteiger partial charge < -0.3 is 10.1 Å². The van der Waals surface area contributed by atoms with Gasteiger partial charge in [0.15, 0.2) is 0 Å². The number of nitrogens with zero attached hydrogens (tertiary/aromatic N) is 1. The van der Waals surface area contributed by atoms with Crippen LogP contribution in [-0.4, -0.2) is 11.5 Å². The molecule has 0 aliphatic carbocycles. The molecule has 1 aromatic heterocycles. The standard InChI is InChI=1S/C20H21FN2OS/c1-15-6-8-18(9-7-15)24-13-20-23-17(14-25-20)12-22-11-10-16-4-2-3-5-19(16)21/h2-9,14,22H,10-13H2,1H3. The Morgan fingerprint density at radius 2 is 1.92 bits per heavy atom. The van der Waals surface area contributed by atoms with Crippen LogP contribution in [-0.2, 0) is 19.6 Å². The van der Waals surface area contributed by atoms with Crippen LogP contribution in [0.2, 0.25) is 0 Å². The SMILES string of the molecule is Cc1ccc(OCc2nc(CNCCc3ccccc3F)cs2)cc1. The third kappa shape index (κ3) is 5.37. The first-order chi connectivity index (χ1) is 12.2. The van der Waals surface area contributed by atoms with Gasteiger partial charge in [0.05, 0.1) is 5.69 Å². The lowest BCUT2D eigenvalue weighted by Gasteiger charge is -2.05. The summed E-state index contributed by atoms with van der Waals surface area (Å²) < 4.78 is 19.3. The van der Waals surface area contributed by atoms with Crippen molar-refractivity contribution in [1.82, 2.24) is 10.3 Å². The Balaban J connectivity index is 1.41. The average molecular weight is 356 g/mol. The lowest BCUT2D eigenvalue weighted by molar-refractivity contribution is 0.305. The van der Waals surface area contributed by atoms with Gasteiger partial charge in [0, 0.05) is 11.9 Å². The van der Waals surface area contributed by atoms with Crippen LogP contribution in [0.1, 0.15) is 21.8 Å². The number of rotatable bonds is 8. The summed E-state index contributed by atoms with van der Waals surface area (Å²) in [4.78, 5) is 4.56. The number of ether oxygens (including phenoxy) is 1. The first kappa shape index (κ1) is 17.6. The van der Waals surface area contributed by atoms with E-state index < -0.39 is 0 Å². The predicted molar refractivity (Wildman–Crippen MR) is 99.4 cm³/mol. The number of aromatic nitrogens is 1. The molecule has 0 saturated carbocycles. The van der Waals surface area contributed by atoms with E-state index in [0.717, 1.165) is 22.0 Å². The minimum atomic E-state index is -0.145. The maximum atomic E-state index is 13.5. The van der Waals surface area contributed by atoms with Crippen molar-refractivity contribution in [3.05, 3.63) is 81.6 Å². The molecule has 0 fully saturated rings. The lowest BCUT2D eigenvalue weighted by Crippen LogP contribution is -2.17. The second-order valence-corrected chi connectivity index (χ2v) is 6.80. The third-order valence-corrected chi connectivity index (χ3v) is 4.69. The second-order valence-electron chi connectivity index (χ2n) is 5.85. The number of thiazole rings is 1. The average Bonchev–Trinajstić information content (AvgIpc) is 3.07. The molecule has 0 amide bonds. The molecule has 25 heavy (non-hydrogen) atoms. The molecule has 1 N–H and O–H groups in total. The second kappa shape index (κ2) is 8.74. The number of aryl methyl sites for hydroxylation is 1. The fourth-order valence-electron chi connectivity index (χ4n) is 2.42. The van der Waals surface area contributed by atoms with Crippen LogP contribution in [0.25, 0.3) is 0 Å². The van der Waals surface area contributed by atoms with Gasteiger partial charge in [0.1, 0.15) is 23.2 Å². The van der Waals surface area contributed by atoms with Crippen LogP contribution >= 0.6 is 11.3 Å². The molecule has 3 rings (SSSR count). The van der Waals surface area contributed by atoms with Crippen molar-refractivity contribution >= 4 is 11.3 Å². The number of hydrogen-bond donors (Lipinski definition) is 1. The van der Waals surface area contributed by atoms with Crippen molar-refractivity contribution in [3.8, 4) is 5.75 Å². The molecule has 130 valence electrons. The summed E-state index contributed by atoms with van der Waals surface area (Å²) in [6.45, 7) is 3.92. The molecule has 3 aromatic rings. The first-order valence-electron chi connectivity index (χ1n) is 8.27. The zero-order valence-corrected chi connectivity index (χ0v) is 15.0. The zero-order chi connectivity index (χ0) is 17.5. The van der Waals surface area contributed by atoms with Crippen molar-refractivity contribution in [3.63, 3.8) is 0 Å². The summed E-state index contributed by atoms with van der Waals surface area (Å²) in [6, 6.07) is 14.9. The van der Waals surface area contributed by atoms with Crippen molar-refractivity contribution < 1.29 is 9.13 Å². The molecule has 0 aliphatic heterocycles. The Kier molecular flexibility index (Phi) is 6.14. The van der Waals surface area contributed by atoms with Crippen LogP contribution in [0, 0.1) is 12.7 Å². The molecule has 1 heterocycles. The van der Waals surface area contributed by atoms with Crippen LogP contribution in [0.5, 0.6) is 5.75 Å². The summed E-state index contributed by atoms with van der Waals surface area (Å²) in [7, 11) is 0. The van der Waals surface area contributed by atoms with Crippen molar-refractivity contribution in [1.29, 1.82) is 0 Å². The third-order valence-electron chi connectivity index (χ3n) is 3.82. The smallest absolute Gasteiger partial charge is 0.140 e. The summed E-state index contributed by atoms with van der Waals surface area (Å²) >= 11 is 1.59. The summed E-state index contributed by atoms with van der Waals surface area (Å²) in [5.74, 6) is 0.707. The number of hydrogen-bond acceptors (Lipinski definition) is 4. The van der Waals surface area contributed by atoms with Gasteiger partial charge in [-0.25, -0.2) is 9.37 Å². The Morgan fingerprint density at radius 3 is 2.72 bits per heavy atom. The summed E-state index contributed by atoms with van der Waals surface area (Å²) in [5.41, 5.74) is 2.94. The Morgan fingerprint density at radius 1 is 1.12 bits per heavy atom. The van der Waals surface area contributed by atoms with E-state index >= 15 is 0 Å². The van der Waals surface area contributed by atoms with E-state index in [-0.39, 0.29) is 5.82 Å². The number of halogens is 1. The Bertz CT molecular complexity index is 801. The lowest BCUT2D eigenvalue weighted by atomic mass is 10.1. The van der Waals surface area contributed by atoms with E-state index in [1.54, 1.807) is 17.4 Å². The van der Waals surface area contributed by atoms with Crippen molar-refractivity contribution in [2.45, 2.75) is 26.5 Å². The minimum absolute atomic E-state index is 0.145. The predicted octanol–water partition coefficient (Wildman–Crippen LogP) is 4.50. The maximum absolute atomic E-state index is 13.5. The maximum Gasteiger partial charge on any atom is 0.140 e. The zero-order valence-electron chi connectivity index (χ0n) is 14.2. The molecular formula is C20H21FN2OS. The van der Waals surface area contributed by atoms with Gasteiger partial charge in [0.2, 0.25) is 0 Å². The van der Waals surface area contributed by atoms with Crippen LogP contribution < -0.4 is 10.1 Å². The molecule has 0 saturated heterocycles. The molecule has 0 bridgehead atoms. The summed E-state index contributed by atoms with van der Waals surface area (Å²) in [5, 5.41) is 6.29. The van der Waals surface area contributed by atoms with Gasteiger partial charge in [-0.3, -0.25) is 0 Å². The van der Waals surface area contributed by atoms with Gasteiger partial charge in [-0.05, 0) is 43.7 Å². The molecule has 0 unspecified atom stereocenters. The first-order valence-corrected chi connectivity index (χ1v) is 9.15. The van der Waals surface area contributed by atoms with E-state index in [1.807, 2.05) is 41.8 Å². The highest BCUT2D eigenvalue weighted by Crippen LogP contribution is 2.16. The van der Waals surface area contributed by atoms with Gasteiger partial charge in [-0.15, -0.1) is 11.3 Å². The van der Waals surface area contributed by atoms with E-state index in [0.29, 0.717) is 26.1 Å². The quantitative estimate of drug-likeness (QED) is 0.603. The van der Waals surface area contributed by atoms with E-state index in [9.17, 15) is 4.39 Å². The molecule has 2 aromatic carbocycles. The van der Waals surface area contributed by atoms with E-state index in [1.165, 1.54) is 11.6 Å². The van der Waals surface area contributed by atoms with Crippen LogP contribution in [0.3, 0.4) is 0 Å². The number of benzene rings is 2. The molecule has 3 nitrogen and oxygen atoms in total. The Hall–Kier alpha value is -2.24. The van der Waals surface area contributed by atoms with E-state index in [2.05, 4.69) is 17.2 Å². The largest absolute Gasteiger partial charge is 0.486 e. The number of nitrogens with one attached hydrogen (secondary N) is 1. The van der Waals surface area contributed by atoms with Crippen LogP contribution in [0.15, 0.2) is 53.9 Å². The van der Waals surface area contributed by atoms with Gasteiger partial charge in [-0.2, -0.15) is 0 Å². The van der Waals surface area contributed by atoms with E-state index in [4.69, 9.17) is 4.74 Å². The highest BCUT2D eigenvalue weighted by molar-refractivity contribution is 7.09.